The zero-order chi connectivity index (χ0) is 17.5. The van der Waals surface area contributed by atoms with Gasteiger partial charge in [-0.25, -0.2) is 4.39 Å². The van der Waals surface area contributed by atoms with Crippen molar-refractivity contribution in [3.8, 4) is 5.75 Å². The molecular weight excluding hydrogens is 313 g/mol. The van der Waals surface area contributed by atoms with Crippen LogP contribution in [0.5, 0.6) is 5.75 Å². The molecule has 128 valence electrons. The molecule has 1 heterocycles. The average Bonchev–Trinajstić information content (AvgIpc) is 2.55. The number of nitrogens with one attached hydrogen (secondary N) is 1. The lowest BCUT2D eigenvalue weighted by Crippen LogP contribution is -2.25. The van der Waals surface area contributed by atoms with Crippen molar-refractivity contribution in [2.24, 2.45) is 0 Å². The molecule has 1 aromatic carbocycles. The number of ether oxygens (including phenoxy) is 1. The second kappa shape index (κ2) is 8.29. The Morgan fingerprint density at radius 1 is 1.29 bits per heavy atom. The van der Waals surface area contributed by atoms with Crippen LogP contribution in [-0.2, 0) is 6.54 Å². The van der Waals surface area contributed by atoms with Gasteiger partial charge < -0.3 is 14.5 Å². The van der Waals surface area contributed by atoms with E-state index < -0.39 is 5.91 Å². The summed E-state index contributed by atoms with van der Waals surface area (Å²) in [6, 6.07) is 7.06. The van der Waals surface area contributed by atoms with Crippen LogP contribution in [0.2, 0.25) is 0 Å². The molecule has 0 unspecified atom stereocenters. The van der Waals surface area contributed by atoms with E-state index in [1.54, 1.807) is 19.1 Å². The summed E-state index contributed by atoms with van der Waals surface area (Å²) < 4.78 is 23.7. The Labute approximate surface area is 139 Å². The average molecular weight is 333 g/mol. The van der Waals surface area contributed by atoms with Gasteiger partial charge in [0.1, 0.15) is 11.6 Å². The predicted molar refractivity (Wildman–Crippen MR) is 87.7 cm³/mol. The second-order valence-corrected chi connectivity index (χ2v) is 5.39. The maximum absolute atomic E-state index is 12.9. The molecule has 0 atom stereocenters. The summed E-state index contributed by atoms with van der Waals surface area (Å²) in [4.78, 5) is 24.4. The van der Waals surface area contributed by atoms with Gasteiger partial charge in [-0.05, 0) is 31.0 Å². The Morgan fingerprint density at radius 3 is 2.67 bits per heavy atom. The van der Waals surface area contributed by atoms with E-state index in [9.17, 15) is 14.0 Å². The third kappa shape index (κ3) is 4.68. The van der Waals surface area contributed by atoms with Crippen LogP contribution in [0.15, 0.2) is 39.5 Å². The van der Waals surface area contributed by atoms with Crippen molar-refractivity contribution in [2.75, 3.05) is 6.61 Å². The van der Waals surface area contributed by atoms with Gasteiger partial charge in [-0.3, -0.25) is 9.59 Å². The maximum atomic E-state index is 12.9. The molecule has 5 nitrogen and oxygen atoms in total. The highest BCUT2D eigenvalue weighted by Crippen LogP contribution is 2.16. The van der Waals surface area contributed by atoms with Crippen LogP contribution in [0.4, 0.5) is 4.39 Å². The van der Waals surface area contributed by atoms with E-state index in [2.05, 4.69) is 5.32 Å². The van der Waals surface area contributed by atoms with Gasteiger partial charge in [0.25, 0.3) is 5.91 Å². The second-order valence-electron chi connectivity index (χ2n) is 5.39. The lowest BCUT2D eigenvalue weighted by Gasteiger charge is -2.10. The van der Waals surface area contributed by atoms with E-state index >= 15 is 0 Å². The highest BCUT2D eigenvalue weighted by atomic mass is 19.1. The molecule has 0 bridgehead atoms. The van der Waals surface area contributed by atoms with Crippen LogP contribution in [0.1, 0.15) is 41.6 Å². The molecule has 1 aromatic heterocycles. The number of hydrogen-bond donors (Lipinski definition) is 1. The molecule has 6 heteroatoms. The van der Waals surface area contributed by atoms with E-state index in [0.717, 1.165) is 18.4 Å². The summed E-state index contributed by atoms with van der Waals surface area (Å²) in [5, 5.41) is 2.65. The SMILES string of the molecule is CCCCOc1c(C(=O)NCc2ccc(F)cc2)oc(C)cc1=O. The van der Waals surface area contributed by atoms with Crippen LogP contribution in [-0.4, -0.2) is 12.5 Å². The molecule has 0 spiro atoms. The summed E-state index contributed by atoms with van der Waals surface area (Å²) >= 11 is 0. The minimum Gasteiger partial charge on any atom is -0.486 e. The van der Waals surface area contributed by atoms with Gasteiger partial charge in [-0.2, -0.15) is 0 Å². The van der Waals surface area contributed by atoms with Gasteiger partial charge in [0.15, 0.2) is 0 Å². The van der Waals surface area contributed by atoms with E-state index in [-0.39, 0.29) is 29.3 Å². The van der Waals surface area contributed by atoms with Crippen LogP contribution < -0.4 is 15.5 Å². The number of hydrogen-bond acceptors (Lipinski definition) is 4. The largest absolute Gasteiger partial charge is 0.486 e. The van der Waals surface area contributed by atoms with E-state index in [1.165, 1.54) is 18.2 Å². The monoisotopic (exact) mass is 333 g/mol. The number of halogens is 1. The molecule has 1 amide bonds. The van der Waals surface area contributed by atoms with Crippen LogP contribution >= 0.6 is 0 Å². The highest BCUT2D eigenvalue weighted by molar-refractivity contribution is 5.93. The zero-order valence-corrected chi connectivity index (χ0v) is 13.7. The topological polar surface area (TPSA) is 68.5 Å². The van der Waals surface area contributed by atoms with Crippen LogP contribution in [0, 0.1) is 12.7 Å². The van der Waals surface area contributed by atoms with Gasteiger partial charge in [0, 0.05) is 12.6 Å². The molecule has 2 aromatic rings. The summed E-state index contributed by atoms with van der Waals surface area (Å²) in [5.41, 5.74) is 0.343. The zero-order valence-electron chi connectivity index (χ0n) is 13.7. The molecule has 2 rings (SSSR count). The quantitative estimate of drug-likeness (QED) is 0.790. The number of rotatable bonds is 7. The van der Waals surface area contributed by atoms with Crippen molar-refractivity contribution >= 4 is 5.91 Å². The Morgan fingerprint density at radius 2 is 2.00 bits per heavy atom. The number of benzene rings is 1. The van der Waals surface area contributed by atoms with E-state index in [4.69, 9.17) is 9.15 Å². The lowest BCUT2D eigenvalue weighted by atomic mass is 10.2. The van der Waals surface area contributed by atoms with Crippen molar-refractivity contribution in [1.82, 2.24) is 5.32 Å². The fourth-order valence-corrected chi connectivity index (χ4v) is 2.07. The standard InChI is InChI=1S/C18H20FNO4/c1-3-4-9-23-16-15(21)10-12(2)24-17(16)18(22)20-11-13-5-7-14(19)8-6-13/h5-8,10H,3-4,9,11H2,1-2H3,(H,20,22). The van der Waals surface area contributed by atoms with Crippen molar-refractivity contribution in [3.05, 3.63) is 63.5 Å². The Hall–Kier alpha value is -2.63. The first-order valence-corrected chi connectivity index (χ1v) is 7.81. The molecule has 0 aliphatic carbocycles. The molecule has 24 heavy (non-hydrogen) atoms. The normalized spacial score (nSPS) is 10.5. The molecule has 0 saturated carbocycles. The summed E-state index contributed by atoms with van der Waals surface area (Å²) in [6.07, 6.45) is 1.67. The third-order valence-electron chi connectivity index (χ3n) is 3.34. The Balaban J connectivity index is 2.14. The first-order valence-electron chi connectivity index (χ1n) is 7.81. The molecule has 1 N–H and O–H groups in total. The van der Waals surface area contributed by atoms with E-state index in [1.807, 2.05) is 6.92 Å². The number of unbranched alkanes of at least 4 members (excludes halogenated alkanes) is 1. The number of carbonyl (C=O) groups is 1. The van der Waals surface area contributed by atoms with Gasteiger partial charge in [-0.15, -0.1) is 0 Å². The van der Waals surface area contributed by atoms with Crippen LogP contribution in [0.3, 0.4) is 0 Å². The van der Waals surface area contributed by atoms with E-state index in [0.29, 0.717) is 12.4 Å². The third-order valence-corrected chi connectivity index (χ3v) is 3.34. The van der Waals surface area contributed by atoms with Crippen molar-refractivity contribution in [3.63, 3.8) is 0 Å². The minimum atomic E-state index is -0.549. The number of aryl methyl sites for hydroxylation is 1. The van der Waals surface area contributed by atoms with Gasteiger partial charge in [0.05, 0.1) is 6.61 Å². The lowest BCUT2D eigenvalue weighted by molar-refractivity contribution is 0.0911. The van der Waals surface area contributed by atoms with Crippen molar-refractivity contribution in [1.29, 1.82) is 0 Å². The molecular formula is C18H20FNO4. The molecule has 0 aliphatic heterocycles. The Kier molecular flexibility index (Phi) is 6.12. The van der Waals surface area contributed by atoms with Crippen molar-refractivity contribution < 1.29 is 18.3 Å². The minimum absolute atomic E-state index is 0.0781. The van der Waals surface area contributed by atoms with Crippen molar-refractivity contribution in [2.45, 2.75) is 33.2 Å². The maximum Gasteiger partial charge on any atom is 0.291 e. The fraction of sp³-hybridized carbons (Fsp3) is 0.333. The fourth-order valence-electron chi connectivity index (χ4n) is 2.07. The van der Waals surface area contributed by atoms with Crippen LogP contribution in [0.25, 0.3) is 0 Å². The summed E-state index contributed by atoms with van der Waals surface area (Å²) in [5.74, 6) is -0.786. The number of carbonyl (C=O) groups excluding carboxylic acids is 1. The first kappa shape index (κ1) is 17.7. The summed E-state index contributed by atoms with van der Waals surface area (Å²) in [6.45, 7) is 4.11. The number of amides is 1. The first-order chi connectivity index (χ1) is 11.5. The molecule has 0 fully saturated rings. The Bertz CT molecular complexity index is 753. The van der Waals surface area contributed by atoms with Gasteiger partial charge in [-0.1, -0.05) is 25.5 Å². The smallest absolute Gasteiger partial charge is 0.291 e. The van der Waals surface area contributed by atoms with Gasteiger partial charge >= 0.3 is 0 Å². The predicted octanol–water partition coefficient (Wildman–Crippen LogP) is 3.20. The highest BCUT2D eigenvalue weighted by Gasteiger charge is 2.20. The molecule has 0 aliphatic rings. The molecule has 0 radical (unpaired) electrons. The van der Waals surface area contributed by atoms with Gasteiger partial charge in [0.2, 0.25) is 16.9 Å². The summed E-state index contributed by atoms with van der Waals surface area (Å²) in [7, 11) is 0. The molecule has 0 saturated heterocycles.